The van der Waals surface area contributed by atoms with Crippen LogP contribution in [-0.4, -0.2) is 36.6 Å². The summed E-state index contributed by atoms with van der Waals surface area (Å²) in [4.78, 5) is 52.8. The summed E-state index contributed by atoms with van der Waals surface area (Å²) < 4.78 is -0.149. The second kappa shape index (κ2) is 6.45. The van der Waals surface area contributed by atoms with E-state index in [2.05, 4.69) is 25.3 Å². The molecule has 4 N–H and O–H groups in total. The third kappa shape index (κ3) is 2.76. The minimum atomic E-state index is -2.25. The number of rotatable bonds is 3. The van der Waals surface area contributed by atoms with Crippen molar-refractivity contribution < 1.29 is 14.7 Å². The molecule has 0 unspecified atom stereocenters. The van der Waals surface area contributed by atoms with Gasteiger partial charge in [-0.1, -0.05) is 24.3 Å². The van der Waals surface area contributed by atoms with Gasteiger partial charge in [0, 0.05) is 22.5 Å². The van der Waals surface area contributed by atoms with E-state index in [1.54, 1.807) is 32.0 Å². The van der Waals surface area contributed by atoms with Gasteiger partial charge in [-0.15, -0.1) is 0 Å². The number of nitrogens with zero attached hydrogens (tertiary/aromatic N) is 2. The summed E-state index contributed by atoms with van der Waals surface area (Å²) >= 11 is 4.86. The van der Waals surface area contributed by atoms with Crippen LogP contribution in [0.15, 0.2) is 35.1 Å². The van der Waals surface area contributed by atoms with Gasteiger partial charge >= 0.3 is 0 Å². The number of aromatic hydroxyl groups is 1. The van der Waals surface area contributed by atoms with Crippen molar-refractivity contribution in [3.8, 4) is 5.88 Å². The van der Waals surface area contributed by atoms with Gasteiger partial charge in [0.1, 0.15) is 5.56 Å². The summed E-state index contributed by atoms with van der Waals surface area (Å²) in [5.74, 6) is -2.12. The minimum absolute atomic E-state index is 0.0294. The lowest BCUT2D eigenvalue weighted by molar-refractivity contribution is 0.0812. The lowest BCUT2D eigenvalue weighted by Gasteiger charge is -2.27. The van der Waals surface area contributed by atoms with Gasteiger partial charge in [0.05, 0.1) is 0 Å². The minimum Gasteiger partial charge on any atom is -0.494 e. The second-order valence-corrected chi connectivity index (χ2v) is 7.09. The first-order valence-corrected chi connectivity index (χ1v) is 9.00. The molecule has 0 saturated heterocycles. The first-order valence-electron chi connectivity index (χ1n) is 8.59. The van der Waals surface area contributed by atoms with Crippen molar-refractivity contribution in [1.82, 2.24) is 19.9 Å². The molecule has 9 nitrogen and oxygen atoms in total. The lowest BCUT2D eigenvalue weighted by Crippen LogP contribution is -2.50. The molecule has 1 aliphatic carbocycles. The van der Waals surface area contributed by atoms with E-state index in [1.807, 2.05) is 0 Å². The topological polar surface area (TPSA) is 141 Å². The fourth-order valence-electron chi connectivity index (χ4n) is 3.56. The molecule has 0 aliphatic heterocycles. The Morgan fingerprint density at radius 2 is 1.55 bits per heavy atom. The van der Waals surface area contributed by atoms with E-state index in [0.717, 1.165) is 0 Å². The van der Waals surface area contributed by atoms with Crippen molar-refractivity contribution in [2.24, 2.45) is 0 Å². The zero-order valence-corrected chi connectivity index (χ0v) is 16.2. The normalized spacial score (nSPS) is 14.7. The van der Waals surface area contributed by atoms with Crippen LogP contribution in [0, 0.1) is 18.6 Å². The molecule has 4 rings (SSSR count). The number of ketones is 2. The SMILES string of the molecule is Cc1cc(C)nc(NC2(c3c(O)[nH]c(=S)[nH]c3=O)C(=O)c3ccccc3C2=O)n1. The maximum Gasteiger partial charge on any atom is 0.262 e. The molecular weight excluding hydrogens is 394 g/mol. The maximum atomic E-state index is 13.5. The second-order valence-electron chi connectivity index (χ2n) is 6.69. The number of Topliss-reactive ketones (excluding diaryl/α,β-unsaturated/α-hetero) is 2. The number of fused-ring (bicyclic) bond motifs is 1. The molecule has 10 heteroatoms. The lowest BCUT2D eigenvalue weighted by atomic mass is 9.86. The van der Waals surface area contributed by atoms with E-state index in [0.29, 0.717) is 11.4 Å². The molecule has 0 saturated carbocycles. The fraction of sp³-hybridized carbons (Fsp3) is 0.158. The summed E-state index contributed by atoms with van der Waals surface area (Å²) in [6.45, 7) is 3.45. The number of benzene rings is 1. The van der Waals surface area contributed by atoms with E-state index >= 15 is 0 Å². The van der Waals surface area contributed by atoms with Crippen molar-refractivity contribution in [2.45, 2.75) is 19.4 Å². The number of carbonyl (C=O) groups is 2. The number of H-pyrrole nitrogens is 2. The third-order valence-corrected chi connectivity index (χ3v) is 4.88. The van der Waals surface area contributed by atoms with Gasteiger partial charge in [-0.2, -0.15) is 0 Å². The van der Waals surface area contributed by atoms with E-state index in [-0.39, 0.29) is 21.8 Å². The van der Waals surface area contributed by atoms with Gasteiger partial charge < -0.3 is 15.4 Å². The number of nitrogens with one attached hydrogen (secondary N) is 3. The van der Waals surface area contributed by atoms with Crippen molar-refractivity contribution in [3.05, 3.63) is 73.5 Å². The van der Waals surface area contributed by atoms with Crippen LogP contribution in [0.4, 0.5) is 5.95 Å². The predicted molar refractivity (Wildman–Crippen MR) is 106 cm³/mol. The molecule has 0 atom stereocenters. The number of anilines is 1. The van der Waals surface area contributed by atoms with Crippen LogP contribution < -0.4 is 10.9 Å². The van der Waals surface area contributed by atoms with Gasteiger partial charge in [0.2, 0.25) is 28.9 Å². The number of aryl methyl sites for hydroxylation is 2. The van der Waals surface area contributed by atoms with E-state index < -0.39 is 34.1 Å². The van der Waals surface area contributed by atoms with Crippen molar-refractivity contribution in [1.29, 1.82) is 0 Å². The van der Waals surface area contributed by atoms with Crippen molar-refractivity contribution >= 4 is 29.7 Å². The fourth-order valence-corrected chi connectivity index (χ4v) is 3.75. The van der Waals surface area contributed by atoms with E-state index in [1.165, 1.54) is 12.1 Å². The number of aromatic nitrogens is 4. The Morgan fingerprint density at radius 3 is 2.07 bits per heavy atom. The Bertz CT molecular complexity index is 1260. The Morgan fingerprint density at radius 1 is 1.00 bits per heavy atom. The molecule has 0 amide bonds. The van der Waals surface area contributed by atoms with Crippen LogP contribution in [0.2, 0.25) is 0 Å². The Hall–Kier alpha value is -3.66. The summed E-state index contributed by atoms with van der Waals surface area (Å²) in [7, 11) is 0. The molecule has 0 spiro atoms. The van der Waals surface area contributed by atoms with Crippen LogP contribution >= 0.6 is 12.2 Å². The third-order valence-electron chi connectivity index (χ3n) is 4.68. The molecule has 1 aromatic carbocycles. The molecule has 1 aliphatic rings. The zero-order valence-electron chi connectivity index (χ0n) is 15.4. The molecule has 0 fully saturated rings. The van der Waals surface area contributed by atoms with Crippen LogP contribution in [0.25, 0.3) is 0 Å². The van der Waals surface area contributed by atoms with Gasteiger partial charge in [-0.05, 0) is 32.1 Å². The highest BCUT2D eigenvalue weighted by molar-refractivity contribution is 7.71. The summed E-state index contributed by atoms with van der Waals surface area (Å²) in [6.07, 6.45) is 0. The smallest absolute Gasteiger partial charge is 0.262 e. The summed E-state index contributed by atoms with van der Waals surface area (Å²) in [5.41, 5.74) is -2.20. The van der Waals surface area contributed by atoms with Crippen LogP contribution in [0.5, 0.6) is 5.88 Å². The Labute approximate surface area is 168 Å². The Kier molecular flexibility index (Phi) is 4.16. The molecular formula is C19H15N5O4S. The first-order chi connectivity index (χ1) is 13.7. The van der Waals surface area contributed by atoms with Gasteiger partial charge in [-0.3, -0.25) is 19.4 Å². The summed E-state index contributed by atoms with van der Waals surface area (Å²) in [6, 6.07) is 7.90. The predicted octanol–water partition coefficient (Wildman–Crippen LogP) is 1.93. The summed E-state index contributed by atoms with van der Waals surface area (Å²) in [5, 5.41) is 13.2. The average molecular weight is 409 g/mol. The largest absolute Gasteiger partial charge is 0.494 e. The molecule has 2 heterocycles. The van der Waals surface area contributed by atoms with Crippen LogP contribution in [0.3, 0.4) is 0 Å². The van der Waals surface area contributed by atoms with Gasteiger partial charge in [-0.25, -0.2) is 9.97 Å². The number of hydrogen-bond donors (Lipinski definition) is 4. The Balaban J connectivity index is 2.04. The van der Waals surface area contributed by atoms with Crippen LogP contribution in [0.1, 0.15) is 37.7 Å². The van der Waals surface area contributed by atoms with Crippen LogP contribution in [-0.2, 0) is 5.54 Å². The quantitative estimate of drug-likeness (QED) is 0.380. The zero-order chi connectivity index (χ0) is 20.9. The van der Waals surface area contributed by atoms with Crippen molar-refractivity contribution in [3.63, 3.8) is 0 Å². The molecule has 0 bridgehead atoms. The van der Waals surface area contributed by atoms with Gasteiger partial charge in [0.15, 0.2) is 4.77 Å². The number of carbonyl (C=O) groups excluding carboxylic acids is 2. The molecule has 2 aromatic heterocycles. The number of hydrogen-bond acceptors (Lipinski definition) is 8. The highest BCUT2D eigenvalue weighted by Crippen LogP contribution is 2.41. The molecule has 0 radical (unpaired) electrons. The van der Waals surface area contributed by atoms with Gasteiger partial charge in [0.25, 0.3) is 5.56 Å². The highest BCUT2D eigenvalue weighted by atomic mass is 32.1. The monoisotopic (exact) mass is 409 g/mol. The molecule has 3 aromatic rings. The van der Waals surface area contributed by atoms with E-state index in [9.17, 15) is 19.5 Å². The standard InChI is InChI=1S/C19H15N5O4S/c1-8-7-9(2)21-17(20-8)24-19(12-15(27)22-18(29)23-16(12)28)13(25)10-5-3-4-6-11(10)14(19)26/h3-7H,1-2H3,(H,20,21,24)(H3,22,23,27,28,29). The highest BCUT2D eigenvalue weighted by Gasteiger charge is 2.58. The van der Waals surface area contributed by atoms with E-state index in [4.69, 9.17) is 12.2 Å². The molecule has 29 heavy (non-hydrogen) atoms. The average Bonchev–Trinajstić information content (AvgIpc) is 2.83. The van der Waals surface area contributed by atoms with Crippen molar-refractivity contribution in [2.75, 3.05) is 5.32 Å². The maximum absolute atomic E-state index is 13.5. The first kappa shape index (κ1) is 18.7. The molecule has 146 valence electrons. The number of aromatic amines is 2.